The van der Waals surface area contributed by atoms with E-state index in [1.807, 2.05) is 0 Å². The molecule has 0 aliphatic rings. The van der Waals surface area contributed by atoms with E-state index in [9.17, 15) is 13.2 Å². The van der Waals surface area contributed by atoms with Gasteiger partial charge in [-0.2, -0.15) is 13.2 Å². The van der Waals surface area contributed by atoms with Crippen LogP contribution in [-0.2, 0) is 19.5 Å². The average Bonchev–Trinajstić information content (AvgIpc) is 0.811. The SMILES string of the molecule is FC(F)F.[Ru]. The molecule has 4 heteroatoms. The number of alkyl halides is 3. The van der Waals surface area contributed by atoms with Crippen LogP contribution < -0.4 is 0 Å². The Kier molecular flexibility index (Phi) is 7.99. The normalized spacial score (nSPS) is 7.20. The van der Waals surface area contributed by atoms with Crippen molar-refractivity contribution in [1.29, 1.82) is 0 Å². The second-order valence-corrected chi connectivity index (χ2v) is 0.247. The zero-order valence-electron chi connectivity index (χ0n) is 2.06. The Morgan fingerprint density at radius 3 is 1.00 bits per heavy atom. The van der Waals surface area contributed by atoms with E-state index in [4.69, 9.17) is 0 Å². The molecule has 0 heterocycles. The largest absolute Gasteiger partial charge is 0.379 e. The van der Waals surface area contributed by atoms with Crippen molar-refractivity contribution in [3.8, 4) is 0 Å². The molecule has 0 radical (unpaired) electrons. The third-order valence-corrected chi connectivity index (χ3v) is 0. The van der Waals surface area contributed by atoms with Crippen LogP contribution in [0, 0.1) is 0 Å². The van der Waals surface area contributed by atoms with E-state index in [0.29, 0.717) is 0 Å². The zero-order chi connectivity index (χ0) is 3.58. The Labute approximate surface area is 40.1 Å². The van der Waals surface area contributed by atoms with Crippen molar-refractivity contribution in [2.75, 3.05) is 0 Å². The Balaban J connectivity index is 0. The molecule has 0 nitrogen and oxygen atoms in total. The summed E-state index contributed by atoms with van der Waals surface area (Å²) in [6, 6.07) is 0. The third-order valence-electron chi connectivity index (χ3n) is 0. The summed E-state index contributed by atoms with van der Waals surface area (Å²) in [6.45, 7) is -3.67. The molecule has 0 aromatic rings. The summed E-state index contributed by atoms with van der Waals surface area (Å²) in [4.78, 5) is 0. The van der Waals surface area contributed by atoms with Gasteiger partial charge in [0.15, 0.2) is 0 Å². The van der Waals surface area contributed by atoms with Gasteiger partial charge in [-0.15, -0.1) is 0 Å². The molecular weight excluding hydrogens is 170 g/mol. The standard InChI is InChI=1S/CHF3.Ru/c2-1(3)4;/h1H;. The zero-order valence-corrected chi connectivity index (χ0v) is 3.80. The van der Waals surface area contributed by atoms with Gasteiger partial charge in [0.05, 0.1) is 0 Å². The summed E-state index contributed by atoms with van der Waals surface area (Å²) in [6.07, 6.45) is 0. The van der Waals surface area contributed by atoms with Crippen molar-refractivity contribution < 1.29 is 32.6 Å². The van der Waals surface area contributed by atoms with Crippen LogP contribution >= 0.6 is 0 Å². The molecule has 0 fully saturated rings. The fourth-order valence-electron chi connectivity index (χ4n) is 0. The molecule has 0 atom stereocenters. The van der Waals surface area contributed by atoms with Crippen LogP contribution in [0.2, 0.25) is 0 Å². The molecule has 0 aliphatic carbocycles. The van der Waals surface area contributed by atoms with Gasteiger partial charge in [0.2, 0.25) is 0 Å². The van der Waals surface area contributed by atoms with E-state index in [1.165, 1.54) is 0 Å². The van der Waals surface area contributed by atoms with E-state index < -0.39 is 6.68 Å². The minimum Gasteiger partial charge on any atom is -0.174 e. The molecule has 0 rings (SSSR count). The second kappa shape index (κ2) is 4.41. The van der Waals surface area contributed by atoms with Gasteiger partial charge in [0.25, 0.3) is 0 Å². The number of rotatable bonds is 0. The summed E-state index contributed by atoms with van der Waals surface area (Å²) in [5, 5.41) is 0. The fraction of sp³-hybridized carbons (Fsp3) is 1.00. The second-order valence-electron chi connectivity index (χ2n) is 0.247. The predicted molar refractivity (Wildman–Crippen MR) is 7.11 cm³/mol. The van der Waals surface area contributed by atoms with Crippen LogP contribution in [0.1, 0.15) is 0 Å². The quantitative estimate of drug-likeness (QED) is 0.480. The Morgan fingerprint density at radius 2 is 1.00 bits per heavy atom. The molecule has 0 saturated carbocycles. The first-order valence-electron chi connectivity index (χ1n) is 0.655. The van der Waals surface area contributed by atoms with Gasteiger partial charge < -0.3 is 0 Å². The van der Waals surface area contributed by atoms with Crippen LogP contribution in [0.3, 0.4) is 0 Å². The maximum absolute atomic E-state index is 9.67. The summed E-state index contributed by atoms with van der Waals surface area (Å²) in [5.74, 6) is 0. The molecule has 0 N–H and O–H groups in total. The Morgan fingerprint density at radius 1 is 1.00 bits per heavy atom. The van der Waals surface area contributed by atoms with Crippen molar-refractivity contribution >= 4 is 0 Å². The first-order chi connectivity index (χ1) is 1.73. The first kappa shape index (κ1) is 9.05. The summed E-state index contributed by atoms with van der Waals surface area (Å²) >= 11 is 0. The molecular formula is CHF3Ru. The van der Waals surface area contributed by atoms with Crippen LogP contribution in [-0.4, -0.2) is 6.68 Å². The van der Waals surface area contributed by atoms with E-state index in [2.05, 4.69) is 0 Å². The molecule has 0 amide bonds. The van der Waals surface area contributed by atoms with Gasteiger partial charge in [0, 0.05) is 19.5 Å². The predicted octanol–water partition coefficient (Wildman–Crippen LogP) is 1.18. The third kappa shape index (κ3) is 150. The van der Waals surface area contributed by atoms with E-state index in [0.717, 1.165) is 0 Å². The topological polar surface area (TPSA) is 0 Å². The molecule has 0 aromatic heterocycles. The summed E-state index contributed by atoms with van der Waals surface area (Å²) in [5.41, 5.74) is 0. The maximum atomic E-state index is 9.67. The number of hydrogen-bond acceptors (Lipinski definition) is 0. The average molecular weight is 171 g/mol. The fourth-order valence-corrected chi connectivity index (χ4v) is 0. The maximum Gasteiger partial charge on any atom is 0.379 e. The van der Waals surface area contributed by atoms with Gasteiger partial charge >= 0.3 is 6.68 Å². The molecule has 5 heavy (non-hydrogen) atoms. The Hall–Kier alpha value is 0.413. The van der Waals surface area contributed by atoms with Crippen molar-refractivity contribution in [3.63, 3.8) is 0 Å². The van der Waals surface area contributed by atoms with Crippen molar-refractivity contribution in [3.05, 3.63) is 0 Å². The smallest absolute Gasteiger partial charge is 0.174 e. The van der Waals surface area contributed by atoms with Crippen molar-refractivity contribution in [1.82, 2.24) is 0 Å². The van der Waals surface area contributed by atoms with Gasteiger partial charge in [0.1, 0.15) is 0 Å². The summed E-state index contributed by atoms with van der Waals surface area (Å²) < 4.78 is 29.0. The van der Waals surface area contributed by atoms with Crippen LogP contribution in [0.4, 0.5) is 13.2 Å². The molecule has 0 saturated heterocycles. The Bertz CT molecular complexity index is 11.6. The van der Waals surface area contributed by atoms with Crippen molar-refractivity contribution in [2.45, 2.75) is 6.68 Å². The monoisotopic (exact) mass is 172 g/mol. The van der Waals surface area contributed by atoms with Gasteiger partial charge in [-0.3, -0.25) is 0 Å². The minimum absolute atomic E-state index is 0. The van der Waals surface area contributed by atoms with E-state index >= 15 is 0 Å². The van der Waals surface area contributed by atoms with Gasteiger partial charge in [-0.05, 0) is 0 Å². The minimum atomic E-state index is -3.67. The van der Waals surface area contributed by atoms with Crippen molar-refractivity contribution in [2.24, 2.45) is 0 Å². The van der Waals surface area contributed by atoms with Crippen LogP contribution in [0.15, 0.2) is 0 Å². The van der Waals surface area contributed by atoms with Crippen LogP contribution in [0.25, 0.3) is 0 Å². The number of hydrogen-bond donors (Lipinski definition) is 0. The van der Waals surface area contributed by atoms with Gasteiger partial charge in [-0.1, -0.05) is 0 Å². The molecule has 0 bridgehead atoms. The summed E-state index contributed by atoms with van der Waals surface area (Å²) in [7, 11) is 0. The van der Waals surface area contributed by atoms with E-state index in [1.54, 1.807) is 0 Å². The molecule has 0 aliphatic heterocycles. The number of halogens is 3. The van der Waals surface area contributed by atoms with E-state index in [-0.39, 0.29) is 19.5 Å². The molecule has 0 unspecified atom stereocenters. The first-order valence-corrected chi connectivity index (χ1v) is 0.655. The molecule has 0 spiro atoms. The van der Waals surface area contributed by atoms with Crippen LogP contribution in [0.5, 0.6) is 0 Å². The molecule has 0 aromatic carbocycles. The molecule has 34 valence electrons. The van der Waals surface area contributed by atoms with Gasteiger partial charge in [-0.25, -0.2) is 0 Å².